The van der Waals surface area contributed by atoms with Crippen LogP contribution in [0.4, 0.5) is 11.6 Å². The van der Waals surface area contributed by atoms with E-state index in [0.29, 0.717) is 36.0 Å². The molecule has 0 radical (unpaired) electrons. The highest BCUT2D eigenvalue weighted by atomic mass is 79.9. The van der Waals surface area contributed by atoms with Gasteiger partial charge in [0.1, 0.15) is 11.0 Å². The number of benzene rings is 2. The lowest BCUT2D eigenvalue weighted by atomic mass is 9.82. The Kier molecular flexibility index (Phi) is 12.6. The molecule has 10 aromatic rings. The minimum absolute atomic E-state index is 0.0298. The van der Waals surface area contributed by atoms with Gasteiger partial charge in [-0.15, -0.1) is 10.2 Å². The van der Waals surface area contributed by atoms with Crippen LogP contribution in [-0.4, -0.2) is 115 Å². The van der Waals surface area contributed by atoms with Crippen LogP contribution >= 0.6 is 15.9 Å². The van der Waals surface area contributed by atoms with Crippen molar-refractivity contribution in [1.29, 1.82) is 0 Å². The van der Waals surface area contributed by atoms with E-state index in [1.54, 1.807) is 41.7 Å². The summed E-state index contributed by atoms with van der Waals surface area (Å²) in [6.07, 6.45) is 16.2. The largest absolute Gasteiger partial charge is 0.498 e. The van der Waals surface area contributed by atoms with Gasteiger partial charge in [0.15, 0.2) is 22.9 Å². The summed E-state index contributed by atoms with van der Waals surface area (Å²) in [5.74, 6) is 0.641. The molecule has 1 N–H and O–H groups in total. The van der Waals surface area contributed by atoms with Crippen molar-refractivity contribution in [1.82, 2.24) is 78.7 Å². The number of carbonyl (C=O) groups is 3. The van der Waals surface area contributed by atoms with Crippen molar-refractivity contribution in [2.24, 2.45) is 31.8 Å². The van der Waals surface area contributed by atoms with Crippen molar-refractivity contribution in [3.05, 3.63) is 114 Å². The number of imide groups is 1. The highest BCUT2D eigenvalue weighted by Gasteiger charge is 2.52. The van der Waals surface area contributed by atoms with Gasteiger partial charge in [-0.2, -0.15) is 20.4 Å². The number of hydrogen-bond donors (Lipinski definition) is 1. The molecule has 1 aliphatic heterocycles. The van der Waals surface area contributed by atoms with E-state index < -0.39 is 0 Å². The van der Waals surface area contributed by atoms with E-state index in [0.717, 1.165) is 93.0 Å². The number of fused-ring (bicyclic) bond motifs is 4. The van der Waals surface area contributed by atoms with Crippen molar-refractivity contribution in [2.45, 2.75) is 90.5 Å². The number of aromatic nitrogens is 16. The van der Waals surface area contributed by atoms with Crippen molar-refractivity contribution in [3.8, 4) is 11.1 Å². The minimum Gasteiger partial charge on any atom is -0.399 e. The maximum absolute atomic E-state index is 12.8. The van der Waals surface area contributed by atoms with Gasteiger partial charge in [-0.3, -0.25) is 23.7 Å². The molecule has 0 bridgehead atoms. The molecule has 3 amide bonds. The Balaban J connectivity index is 0.000000123. The molecule has 9 heterocycles. The Bertz CT molecular complexity index is 3860. The lowest BCUT2D eigenvalue weighted by Gasteiger charge is -2.32. The zero-order valence-corrected chi connectivity index (χ0v) is 44.8. The zero-order chi connectivity index (χ0) is 53.3. The summed E-state index contributed by atoms with van der Waals surface area (Å²) in [6, 6.07) is 19.3. The molecule has 1 saturated heterocycles. The molecule has 4 fully saturated rings. The zero-order valence-electron chi connectivity index (χ0n) is 43.2. The number of anilines is 2. The summed E-state index contributed by atoms with van der Waals surface area (Å²) >= 11 is 3.48. The van der Waals surface area contributed by atoms with E-state index in [-0.39, 0.29) is 53.8 Å². The molecular formula is C52H54BBrN18O5. The summed E-state index contributed by atoms with van der Waals surface area (Å²) in [7, 11) is 3.48. The molecule has 25 heteroatoms. The maximum atomic E-state index is 12.8. The average Bonchev–Trinajstić information content (AvgIpc) is 4.38. The lowest BCUT2D eigenvalue weighted by Crippen LogP contribution is -2.41. The minimum atomic E-state index is -0.302. The van der Waals surface area contributed by atoms with Crippen LogP contribution < -0.4 is 15.7 Å². The molecule has 2 aromatic carbocycles. The number of amides is 3. The third kappa shape index (κ3) is 10.5. The number of carbonyl (C=O) groups excluding carboxylic acids is 3. The van der Waals surface area contributed by atoms with Crippen molar-refractivity contribution in [2.75, 3.05) is 10.2 Å². The number of halogens is 1. The maximum Gasteiger partial charge on any atom is 0.498 e. The number of rotatable bonds is 11. The Morgan fingerprint density at radius 3 is 1.79 bits per heavy atom. The highest BCUT2D eigenvalue weighted by Crippen LogP contribution is 2.38. The molecule has 0 spiro atoms. The topological polar surface area (TPSA) is 242 Å². The van der Waals surface area contributed by atoms with Crippen molar-refractivity contribution in [3.63, 3.8) is 0 Å². The van der Waals surface area contributed by atoms with Gasteiger partial charge in [-0.05, 0) is 126 Å². The summed E-state index contributed by atoms with van der Waals surface area (Å²) in [5, 5.41) is 37.5. The van der Waals surface area contributed by atoms with Crippen LogP contribution in [0.2, 0.25) is 0 Å². The highest BCUT2D eigenvalue weighted by molar-refractivity contribution is 9.10. The van der Waals surface area contributed by atoms with Crippen LogP contribution in [0.25, 0.3) is 44.5 Å². The van der Waals surface area contributed by atoms with Crippen LogP contribution in [0.1, 0.15) is 77.6 Å². The van der Waals surface area contributed by atoms with E-state index in [1.165, 1.54) is 4.90 Å². The first kappa shape index (κ1) is 49.8. The molecular weight excluding hydrogens is 1050 g/mol. The van der Waals surface area contributed by atoms with E-state index in [2.05, 4.69) is 78.3 Å². The predicted molar refractivity (Wildman–Crippen MR) is 287 cm³/mol. The summed E-state index contributed by atoms with van der Waals surface area (Å²) in [4.78, 5) is 47.8. The van der Waals surface area contributed by atoms with Gasteiger partial charge in [-0.25, -0.2) is 33.3 Å². The normalized spacial score (nSPS) is 16.6. The molecule has 3 saturated carbocycles. The fourth-order valence-electron chi connectivity index (χ4n) is 8.84. The Hall–Kier alpha value is -8.03. The molecule has 392 valence electrons. The first-order chi connectivity index (χ1) is 37.0. The third-order valence-electron chi connectivity index (χ3n) is 14.4. The van der Waals surface area contributed by atoms with Gasteiger partial charge in [0.25, 0.3) is 0 Å². The molecule has 0 atom stereocenters. The Morgan fingerprint density at radius 1 is 0.662 bits per heavy atom. The van der Waals surface area contributed by atoms with Crippen LogP contribution in [0.5, 0.6) is 0 Å². The van der Waals surface area contributed by atoms with Gasteiger partial charge >= 0.3 is 7.12 Å². The Morgan fingerprint density at radius 2 is 1.22 bits per heavy atom. The van der Waals surface area contributed by atoms with Gasteiger partial charge in [-0.1, -0.05) is 32.4 Å². The van der Waals surface area contributed by atoms with Crippen LogP contribution in [0, 0.1) is 17.8 Å². The predicted octanol–water partition coefficient (Wildman–Crippen LogP) is 5.96. The average molecular weight is 1100 g/mol. The van der Waals surface area contributed by atoms with E-state index in [9.17, 15) is 14.4 Å². The first-order valence-electron chi connectivity index (χ1n) is 25.6. The van der Waals surface area contributed by atoms with E-state index in [1.807, 2.05) is 120 Å². The van der Waals surface area contributed by atoms with E-state index >= 15 is 0 Å². The SMILES string of the molecule is Cn1cc(-c2ccc3nnn(Cc4ccc5nc(NC(=O)C6CC6)cn5n4)c3c2)cn1.Cn1cc(B2OC(C)(C)C(C)(C)O2)cn1.O=C(C1CC1)N(C(=O)C1CC1)c1cn2nc(Cn3nnc4ccc(Br)cc43)ccc2n1. The second-order valence-electron chi connectivity index (χ2n) is 21.1. The number of aryl methyl sites for hydroxylation is 2. The van der Waals surface area contributed by atoms with Gasteiger partial charge in [0.2, 0.25) is 17.7 Å². The Labute approximate surface area is 449 Å². The fraction of sp³-hybridized carbons (Fsp3) is 0.365. The quantitative estimate of drug-likeness (QED) is 0.116. The summed E-state index contributed by atoms with van der Waals surface area (Å²) in [5.41, 5.74) is 8.78. The molecule has 77 heavy (non-hydrogen) atoms. The van der Waals surface area contributed by atoms with Gasteiger partial charge in [0, 0.05) is 65.9 Å². The standard InChI is InChI=1S/C21H18BrN7O2.C21H19N9O.C10H17BN2O2/c22-14-5-7-16-17(9-14)27(26-24-16)10-15-6-8-18-23-19(11-28(18)25-15)29(20(30)12-1-2-12)21(31)13-3-4-13;1-28-10-15(9-22-28)14-4-6-17-18(8-14)29(27-25-17)11-16-5-7-20-23-19(12-30(20)26-16)24-21(31)13-2-3-13;1-9(2)10(3,4)15-11(14-9)8-6-12-13(5)7-8/h5-9,11-13H,1-4,10H2;4-10,12-13H,2-3,11H2,1H3,(H,24,31);6-7H,1-5H3. The van der Waals surface area contributed by atoms with Crippen LogP contribution in [-0.2, 0) is 50.9 Å². The van der Waals surface area contributed by atoms with Gasteiger partial charge < -0.3 is 14.6 Å². The second kappa shape index (κ2) is 19.5. The van der Waals surface area contributed by atoms with Crippen LogP contribution in [0.3, 0.4) is 0 Å². The molecule has 8 aromatic heterocycles. The molecule has 0 unspecified atom stereocenters. The van der Waals surface area contributed by atoms with Gasteiger partial charge in [0.05, 0.1) is 65.3 Å². The second-order valence-corrected chi connectivity index (χ2v) is 22.0. The van der Waals surface area contributed by atoms with Crippen molar-refractivity contribution < 1.29 is 23.7 Å². The molecule has 3 aliphatic carbocycles. The lowest BCUT2D eigenvalue weighted by molar-refractivity contribution is -0.128. The van der Waals surface area contributed by atoms with E-state index in [4.69, 9.17) is 9.31 Å². The molecule has 4 aliphatic rings. The van der Waals surface area contributed by atoms with Crippen molar-refractivity contribution >= 4 is 91.2 Å². The smallest absolute Gasteiger partial charge is 0.399 e. The number of nitrogens with zero attached hydrogens (tertiary/aromatic N) is 17. The summed E-state index contributed by atoms with van der Waals surface area (Å²) < 4.78 is 23.2. The monoisotopic (exact) mass is 1100 g/mol. The summed E-state index contributed by atoms with van der Waals surface area (Å²) in [6.45, 7) is 9.08. The number of nitrogens with one attached hydrogen (secondary N) is 1. The molecule has 23 nitrogen and oxygen atoms in total. The number of hydrogen-bond acceptors (Lipinski definition) is 15. The fourth-order valence-corrected chi connectivity index (χ4v) is 9.18. The molecule has 14 rings (SSSR count). The van der Waals surface area contributed by atoms with Crippen LogP contribution in [0.15, 0.2) is 102 Å². The first-order valence-corrected chi connectivity index (χ1v) is 26.3. The number of imidazole rings is 2. The third-order valence-corrected chi connectivity index (χ3v) is 14.9.